The molecule has 6 heteroatoms. The summed E-state index contributed by atoms with van der Waals surface area (Å²) in [6, 6.07) is 12.7. The molecule has 1 aliphatic rings. The second-order valence-electron chi connectivity index (χ2n) is 5.65. The highest BCUT2D eigenvalue weighted by molar-refractivity contribution is 5.92. The van der Waals surface area contributed by atoms with Crippen LogP contribution in [0.4, 0.5) is 5.69 Å². The number of aromatic carboxylic acids is 1. The molecule has 24 heavy (non-hydrogen) atoms. The molecule has 1 fully saturated rings. The van der Waals surface area contributed by atoms with E-state index >= 15 is 0 Å². The van der Waals surface area contributed by atoms with Gasteiger partial charge in [-0.15, -0.1) is 0 Å². The number of carboxylic acid groups (broad SMARTS) is 1. The first-order valence-electron chi connectivity index (χ1n) is 7.78. The monoisotopic (exact) mass is 324 g/mol. The van der Waals surface area contributed by atoms with Gasteiger partial charge in [0.1, 0.15) is 5.52 Å². The molecular formula is C18H16N2O4. The topological polar surface area (TPSA) is 75.8 Å². The maximum Gasteiger partial charge on any atom is 0.335 e. The third kappa shape index (κ3) is 2.72. The van der Waals surface area contributed by atoms with Gasteiger partial charge in [0.05, 0.1) is 18.8 Å². The molecule has 2 heterocycles. The van der Waals surface area contributed by atoms with E-state index in [2.05, 4.69) is 9.88 Å². The molecular weight excluding hydrogens is 308 g/mol. The van der Waals surface area contributed by atoms with Crippen LogP contribution in [0.25, 0.3) is 22.6 Å². The minimum Gasteiger partial charge on any atom is -0.478 e. The van der Waals surface area contributed by atoms with Gasteiger partial charge in [0.2, 0.25) is 5.89 Å². The minimum absolute atomic E-state index is 0.199. The SMILES string of the molecule is O=C(O)c1ccc2oc(-c3ccc(N4CCOCC4)cc3)nc2c1. The van der Waals surface area contributed by atoms with Gasteiger partial charge in [-0.2, -0.15) is 0 Å². The molecule has 1 N–H and O–H groups in total. The zero-order valence-electron chi connectivity index (χ0n) is 12.9. The third-order valence-corrected chi connectivity index (χ3v) is 4.13. The van der Waals surface area contributed by atoms with E-state index in [-0.39, 0.29) is 5.56 Å². The lowest BCUT2D eigenvalue weighted by atomic mass is 10.2. The van der Waals surface area contributed by atoms with Gasteiger partial charge in [0, 0.05) is 24.3 Å². The summed E-state index contributed by atoms with van der Waals surface area (Å²) in [4.78, 5) is 17.7. The van der Waals surface area contributed by atoms with Gasteiger partial charge in [-0.05, 0) is 42.5 Å². The number of carboxylic acids is 1. The van der Waals surface area contributed by atoms with Gasteiger partial charge in [-0.25, -0.2) is 9.78 Å². The number of morpholine rings is 1. The predicted octanol–water partition coefficient (Wildman–Crippen LogP) is 3.03. The van der Waals surface area contributed by atoms with Crippen LogP contribution in [0.5, 0.6) is 0 Å². The molecule has 0 saturated carbocycles. The van der Waals surface area contributed by atoms with Crippen LogP contribution >= 0.6 is 0 Å². The van der Waals surface area contributed by atoms with Crippen LogP contribution in [0.1, 0.15) is 10.4 Å². The summed E-state index contributed by atoms with van der Waals surface area (Å²) in [7, 11) is 0. The van der Waals surface area contributed by atoms with Crippen LogP contribution in [-0.2, 0) is 4.74 Å². The summed E-state index contributed by atoms with van der Waals surface area (Å²) in [5.74, 6) is -0.489. The van der Waals surface area contributed by atoms with Crippen molar-refractivity contribution in [3.63, 3.8) is 0 Å². The van der Waals surface area contributed by atoms with Gasteiger partial charge in [-0.3, -0.25) is 0 Å². The van der Waals surface area contributed by atoms with Gasteiger partial charge < -0.3 is 19.2 Å². The molecule has 0 atom stereocenters. The standard InChI is InChI=1S/C18H16N2O4/c21-18(22)13-3-6-16-15(11-13)19-17(24-16)12-1-4-14(5-2-12)20-7-9-23-10-8-20/h1-6,11H,7-10H2,(H,21,22). The van der Waals surface area contributed by atoms with Crippen LogP contribution in [0.15, 0.2) is 46.9 Å². The number of benzene rings is 2. The largest absolute Gasteiger partial charge is 0.478 e. The van der Waals surface area contributed by atoms with Crippen molar-refractivity contribution in [3.05, 3.63) is 48.0 Å². The molecule has 0 radical (unpaired) electrons. The number of hydrogen-bond acceptors (Lipinski definition) is 5. The Morgan fingerprint density at radius 1 is 1.08 bits per heavy atom. The maximum atomic E-state index is 11.0. The number of hydrogen-bond donors (Lipinski definition) is 1. The fraction of sp³-hybridized carbons (Fsp3) is 0.222. The Kier molecular flexibility index (Phi) is 3.66. The Morgan fingerprint density at radius 3 is 2.54 bits per heavy atom. The van der Waals surface area contributed by atoms with E-state index in [1.54, 1.807) is 6.07 Å². The lowest BCUT2D eigenvalue weighted by Gasteiger charge is -2.28. The van der Waals surface area contributed by atoms with E-state index < -0.39 is 5.97 Å². The number of oxazole rings is 1. The molecule has 0 amide bonds. The molecule has 0 aliphatic carbocycles. The summed E-state index contributed by atoms with van der Waals surface area (Å²) in [5, 5.41) is 9.05. The minimum atomic E-state index is -0.976. The number of ether oxygens (including phenoxy) is 1. The Hall–Kier alpha value is -2.86. The van der Waals surface area contributed by atoms with E-state index in [4.69, 9.17) is 14.3 Å². The number of fused-ring (bicyclic) bond motifs is 1. The van der Waals surface area contributed by atoms with Gasteiger partial charge >= 0.3 is 5.97 Å². The Bertz CT molecular complexity index is 880. The van der Waals surface area contributed by atoms with Crippen molar-refractivity contribution in [1.82, 2.24) is 4.98 Å². The van der Waals surface area contributed by atoms with Crippen molar-refractivity contribution in [2.75, 3.05) is 31.2 Å². The average Bonchev–Trinajstić information content (AvgIpc) is 3.06. The summed E-state index contributed by atoms with van der Waals surface area (Å²) in [5.41, 5.74) is 3.32. The van der Waals surface area contributed by atoms with Gasteiger partial charge in [-0.1, -0.05) is 0 Å². The third-order valence-electron chi connectivity index (χ3n) is 4.13. The van der Waals surface area contributed by atoms with Crippen molar-refractivity contribution >= 4 is 22.8 Å². The fourth-order valence-electron chi connectivity index (χ4n) is 2.82. The smallest absolute Gasteiger partial charge is 0.335 e. The fourth-order valence-corrected chi connectivity index (χ4v) is 2.82. The molecule has 1 aromatic heterocycles. The van der Waals surface area contributed by atoms with E-state index in [0.29, 0.717) is 17.0 Å². The molecule has 4 rings (SSSR count). The second kappa shape index (κ2) is 5.98. The zero-order chi connectivity index (χ0) is 16.5. The number of carbonyl (C=O) groups is 1. The molecule has 0 spiro atoms. The first kappa shape index (κ1) is 14.7. The van der Waals surface area contributed by atoms with Crippen LogP contribution in [0, 0.1) is 0 Å². The molecule has 3 aromatic rings. The van der Waals surface area contributed by atoms with Crippen LogP contribution in [0.3, 0.4) is 0 Å². The first-order valence-corrected chi connectivity index (χ1v) is 7.78. The van der Waals surface area contributed by atoms with E-state index in [0.717, 1.165) is 37.6 Å². The van der Waals surface area contributed by atoms with E-state index in [1.807, 2.05) is 24.3 Å². The molecule has 6 nitrogen and oxygen atoms in total. The maximum absolute atomic E-state index is 11.0. The highest BCUT2D eigenvalue weighted by Crippen LogP contribution is 2.27. The van der Waals surface area contributed by atoms with E-state index in [9.17, 15) is 4.79 Å². The number of anilines is 1. The van der Waals surface area contributed by atoms with E-state index in [1.165, 1.54) is 12.1 Å². The van der Waals surface area contributed by atoms with Crippen LogP contribution in [-0.4, -0.2) is 42.4 Å². The lowest BCUT2D eigenvalue weighted by molar-refractivity contribution is 0.0697. The van der Waals surface area contributed by atoms with Crippen molar-refractivity contribution in [3.8, 4) is 11.5 Å². The first-order chi connectivity index (χ1) is 11.7. The summed E-state index contributed by atoms with van der Waals surface area (Å²) in [6.07, 6.45) is 0. The molecule has 0 bridgehead atoms. The highest BCUT2D eigenvalue weighted by Gasteiger charge is 2.13. The average molecular weight is 324 g/mol. The van der Waals surface area contributed by atoms with Gasteiger partial charge in [0.25, 0.3) is 0 Å². The number of aromatic nitrogens is 1. The summed E-state index contributed by atoms with van der Waals surface area (Å²) in [6.45, 7) is 3.28. The summed E-state index contributed by atoms with van der Waals surface area (Å²) < 4.78 is 11.1. The van der Waals surface area contributed by atoms with Gasteiger partial charge in [0.15, 0.2) is 5.58 Å². The molecule has 0 unspecified atom stereocenters. The highest BCUT2D eigenvalue weighted by atomic mass is 16.5. The number of nitrogens with zero attached hydrogens (tertiary/aromatic N) is 2. The summed E-state index contributed by atoms with van der Waals surface area (Å²) >= 11 is 0. The predicted molar refractivity (Wildman–Crippen MR) is 89.4 cm³/mol. The Morgan fingerprint density at radius 2 is 1.83 bits per heavy atom. The molecule has 1 aliphatic heterocycles. The van der Waals surface area contributed by atoms with Crippen molar-refractivity contribution in [1.29, 1.82) is 0 Å². The lowest BCUT2D eigenvalue weighted by Crippen LogP contribution is -2.36. The normalized spacial score (nSPS) is 14.9. The van der Waals surface area contributed by atoms with Crippen molar-refractivity contribution < 1.29 is 19.1 Å². The Labute approximate surface area is 138 Å². The Balaban J connectivity index is 1.63. The van der Waals surface area contributed by atoms with Crippen molar-refractivity contribution in [2.45, 2.75) is 0 Å². The quantitative estimate of drug-likeness (QED) is 0.798. The van der Waals surface area contributed by atoms with Crippen LogP contribution < -0.4 is 4.90 Å². The molecule has 1 saturated heterocycles. The number of rotatable bonds is 3. The molecule has 122 valence electrons. The van der Waals surface area contributed by atoms with Crippen LogP contribution in [0.2, 0.25) is 0 Å². The molecule has 2 aromatic carbocycles. The van der Waals surface area contributed by atoms with Crippen molar-refractivity contribution in [2.24, 2.45) is 0 Å². The second-order valence-corrected chi connectivity index (χ2v) is 5.65. The zero-order valence-corrected chi connectivity index (χ0v) is 12.9.